The molecule has 178 valence electrons. The topological polar surface area (TPSA) is 195 Å². The predicted molar refractivity (Wildman–Crippen MR) is 141 cm³/mol. The summed E-state index contributed by atoms with van der Waals surface area (Å²) in [5.41, 5.74) is 26.3. The molecule has 3 aromatic carbocycles. The van der Waals surface area contributed by atoms with Crippen LogP contribution in [0, 0.1) is 0 Å². The fourth-order valence-corrected chi connectivity index (χ4v) is 2.98. The Labute approximate surface area is 202 Å². The van der Waals surface area contributed by atoms with E-state index in [-0.39, 0.29) is 11.9 Å². The lowest BCUT2D eigenvalue weighted by Crippen LogP contribution is -2.22. The monoisotopic (exact) mass is 470 g/mol. The SMILES string of the molecule is C/C(=N/N=C(N)N)c1ccc(NC(=O)Nc2ccc(/C(=N\N=C(N)N)c3ccccc3)cc2)cc1. The number of urea groups is 1. The van der Waals surface area contributed by atoms with Gasteiger partial charge in [0, 0.05) is 22.5 Å². The Hall–Kier alpha value is -5.19. The fourth-order valence-electron chi connectivity index (χ4n) is 2.98. The van der Waals surface area contributed by atoms with Gasteiger partial charge in [0.2, 0.25) is 11.9 Å². The Morgan fingerprint density at radius 2 is 1.06 bits per heavy atom. The van der Waals surface area contributed by atoms with E-state index >= 15 is 0 Å². The molecular weight excluding hydrogens is 444 g/mol. The summed E-state index contributed by atoms with van der Waals surface area (Å²) in [7, 11) is 0. The average molecular weight is 471 g/mol. The number of hydrogen-bond acceptors (Lipinski definition) is 5. The molecule has 3 rings (SSSR count). The summed E-state index contributed by atoms with van der Waals surface area (Å²) in [6, 6.07) is 23.4. The lowest BCUT2D eigenvalue weighted by atomic mass is 10.0. The largest absolute Gasteiger partial charge is 0.369 e. The molecule has 0 unspecified atom stereocenters. The van der Waals surface area contributed by atoms with Crippen LogP contribution in [0.5, 0.6) is 0 Å². The molecule has 0 aliphatic rings. The average Bonchev–Trinajstić information content (AvgIpc) is 2.84. The van der Waals surface area contributed by atoms with Crippen molar-refractivity contribution in [2.45, 2.75) is 6.92 Å². The maximum Gasteiger partial charge on any atom is 0.323 e. The van der Waals surface area contributed by atoms with Gasteiger partial charge in [-0.1, -0.05) is 54.6 Å². The highest BCUT2D eigenvalue weighted by Gasteiger charge is 2.09. The molecule has 11 heteroatoms. The molecule has 0 saturated carbocycles. The van der Waals surface area contributed by atoms with Crippen molar-refractivity contribution in [3.8, 4) is 0 Å². The standard InChI is InChI=1S/C24H26N10O/c1-15(31-33-22(25)26)16-7-11-19(12-8-16)29-24(35)30-20-13-9-18(10-14-20)21(32-34-23(27)28)17-5-3-2-4-6-17/h2-14H,1H3,(H4,25,26,33)(H4,27,28,34)(H2,29,30,35)/b31-15-,32-21-. The molecule has 2 amide bonds. The van der Waals surface area contributed by atoms with Gasteiger partial charge in [-0.3, -0.25) is 0 Å². The second-order valence-corrected chi connectivity index (χ2v) is 7.28. The summed E-state index contributed by atoms with van der Waals surface area (Å²) < 4.78 is 0. The van der Waals surface area contributed by atoms with Crippen molar-refractivity contribution in [1.29, 1.82) is 0 Å². The summed E-state index contributed by atoms with van der Waals surface area (Å²) in [6.07, 6.45) is 0. The van der Waals surface area contributed by atoms with E-state index in [9.17, 15) is 4.79 Å². The Kier molecular flexibility index (Phi) is 8.11. The van der Waals surface area contributed by atoms with Gasteiger partial charge in [0.05, 0.1) is 5.71 Å². The van der Waals surface area contributed by atoms with E-state index in [1.54, 1.807) is 43.3 Å². The molecule has 0 aliphatic heterocycles. The molecule has 0 aromatic heterocycles. The Bertz CT molecular complexity index is 1270. The van der Waals surface area contributed by atoms with Crippen molar-refractivity contribution in [2.24, 2.45) is 43.3 Å². The van der Waals surface area contributed by atoms with Crippen LogP contribution in [0.25, 0.3) is 0 Å². The van der Waals surface area contributed by atoms with Crippen molar-refractivity contribution in [3.63, 3.8) is 0 Å². The van der Waals surface area contributed by atoms with Crippen molar-refractivity contribution in [3.05, 3.63) is 95.6 Å². The zero-order valence-corrected chi connectivity index (χ0v) is 19.0. The molecular formula is C24H26N10O. The van der Waals surface area contributed by atoms with E-state index in [2.05, 4.69) is 31.0 Å². The molecule has 0 spiro atoms. The molecule has 0 fully saturated rings. The Morgan fingerprint density at radius 1 is 0.600 bits per heavy atom. The van der Waals surface area contributed by atoms with E-state index in [0.717, 1.165) is 16.7 Å². The number of guanidine groups is 2. The first-order valence-electron chi connectivity index (χ1n) is 10.5. The van der Waals surface area contributed by atoms with Gasteiger partial charge < -0.3 is 33.6 Å². The summed E-state index contributed by atoms with van der Waals surface area (Å²) in [6.45, 7) is 1.77. The van der Waals surface area contributed by atoms with Crippen molar-refractivity contribution in [1.82, 2.24) is 0 Å². The van der Waals surface area contributed by atoms with E-state index in [0.29, 0.717) is 22.8 Å². The predicted octanol–water partition coefficient (Wildman–Crippen LogP) is 2.35. The Morgan fingerprint density at radius 3 is 1.57 bits per heavy atom. The smallest absolute Gasteiger partial charge is 0.323 e. The molecule has 0 saturated heterocycles. The van der Waals surface area contributed by atoms with Crippen LogP contribution in [0.1, 0.15) is 23.6 Å². The number of benzene rings is 3. The summed E-state index contributed by atoms with van der Waals surface area (Å²) in [4.78, 5) is 12.4. The van der Waals surface area contributed by atoms with Crippen LogP contribution in [-0.2, 0) is 0 Å². The molecule has 3 aromatic rings. The van der Waals surface area contributed by atoms with Crippen LogP contribution in [0.2, 0.25) is 0 Å². The first-order valence-corrected chi connectivity index (χ1v) is 10.5. The number of rotatable bonds is 7. The van der Waals surface area contributed by atoms with Gasteiger partial charge in [0.25, 0.3) is 0 Å². The van der Waals surface area contributed by atoms with E-state index < -0.39 is 6.03 Å². The number of nitrogens with one attached hydrogen (secondary N) is 2. The molecule has 0 bridgehead atoms. The number of anilines is 2. The number of carbonyl (C=O) groups excluding carboxylic acids is 1. The highest BCUT2D eigenvalue weighted by Crippen LogP contribution is 2.16. The molecule has 0 radical (unpaired) electrons. The van der Waals surface area contributed by atoms with Crippen LogP contribution < -0.4 is 33.6 Å². The molecule has 11 nitrogen and oxygen atoms in total. The van der Waals surface area contributed by atoms with E-state index in [1.807, 2.05) is 42.5 Å². The van der Waals surface area contributed by atoms with Gasteiger partial charge in [-0.2, -0.15) is 5.10 Å². The highest BCUT2D eigenvalue weighted by atomic mass is 16.2. The molecule has 35 heavy (non-hydrogen) atoms. The van der Waals surface area contributed by atoms with Crippen LogP contribution in [0.15, 0.2) is 99.3 Å². The number of carbonyl (C=O) groups is 1. The van der Waals surface area contributed by atoms with Gasteiger partial charge in [-0.15, -0.1) is 15.3 Å². The van der Waals surface area contributed by atoms with Crippen LogP contribution in [0.4, 0.5) is 16.2 Å². The fraction of sp³-hybridized carbons (Fsp3) is 0.0417. The first kappa shape index (κ1) is 24.5. The zero-order valence-electron chi connectivity index (χ0n) is 19.0. The van der Waals surface area contributed by atoms with Crippen LogP contribution in [-0.4, -0.2) is 29.4 Å². The normalized spacial score (nSPS) is 11.3. The lowest BCUT2D eigenvalue weighted by molar-refractivity contribution is 0.262. The zero-order chi connectivity index (χ0) is 25.2. The van der Waals surface area contributed by atoms with Gasteiger partial charge in [0.15, 0.2) is 0 Å². The number of nitrogens with zero attached hydrogens (tertiary/aromatic N) is 4. The van der Waals surface area contributed by atoms with Gasteiger partial charge in [-0.25, -0.2) is 4.79 Å². The second-order valence-electron chi connectivity index (χ2n) is 7.28. The number of nitrogens with two attached hydrogens (primary N) is 4. The maximum atomic E-state index is 12.4. The van der Waals surface area contributed by atoms with Crippen LogP contribution in [0.3, 0.4) is 0 Å². The molecule has 0 heterocycles. The number of amides is 2. The Balaban J connectivity index is 1.67. The molecule has 0 atom stereocenters. The quantitative estimate of drug-likeness (QED) is 0.175. The summed E-state index contributed by atoms with van der Waals surface area (Å²) in [5, 5.41) is 21.1. The highest BCUT2D eigenvalue weighted by molar-refractivity contribution is 6.13. The van der Waals surface area contributed by atoms with Crippen molar-refractivity contribution < 1.29 is 4.79 Å². The third-order valence-electron chi connectivity index (χ3n) is 4.60. The second kappa shape index (κ2) is 11.6. The van der Waals surface area contributed by atoms with Gasteiger partial charge in [-0.05, 0) is 36.8 Å². The van der Waals surface area contributed by atoms with Gasteiger partial charge >= 0.3 is 6.03 Å². The van der Waals surface area contributed by atoms with E-state index in [1.165, 1.54) is 0 Å². The summed E-state index contributed by atoms with van der Waals surface area (Å²) in [5.74, 6) is -0.262. The summed E-state index contributed by atoms with van der Waals surface area (Å²) >= 11 is 0. The minimum absolute atomic E-state index is 0.121. The molecule has 0 aliphatic carbocycles. The maximum absolute atomic E-state index is 12.4. The van der Waals surface area contributed by atoms with Gasteiger partial charge in [0.1, 0.15) is 5.71 Å². The molecule has 10 N–H and O–H groups in total. The lowest BCUT2D eigenvalue weighted by Gasteiger charge is -2.10. The minimum atomic E-state index is -0.395. The first-order chi connectivity index (χ1) is 16.8. The number of hydrogen-bond donors (Lipinski definition) is 6. The van der Waals surface area contributed by atoms with E-state index in [4.69, 9.17) is 22.9 Å². The third kappa shape index (κ3) is 7.43. The minimum Gasteiger partial charge on any atom is -0.369 e. The van der Waals surface area contributed by atoms with Crippen molar-refractivity contribution >= 4 is 40.7 Å². The van der Waals surface area contributed by atoms with Crippen LogP contribution >= 0.6 is 0 Å². The third-order valence-corrected chi connectivity index (χ3v) is 4.60. The van der Waals surface area contributed by atoms with Crippen molar-refractivity contribution in [2.75, 3.05) is 10.6 Å².